The van der Waals surface area contributed by atoms with Crippen LogP contribution in [-0.4, -0.2) is 30.6 Å². The number of nitrogens with one attached hydrogen (secondary N) is 1. The van der Waals surface area contributed by atoms with Crippen LogP contribution in [-0.2, 0) is 14.3 Å². The molecule has 1 aromatic carbocycles. The van der Waals surface area contributed by atoms with E-state index in [0.29, 0.717) is 11.8 Å². The summed E-state index contributed by atoms with van der Waals surface area (Å²) in [5, 5.41) is 3.12. The molecule has 3 rings (SSSR count). The van der Waals surface area contributed by atoms with E-state index in [1.807, 2.05) is 19.9 Å². The Bertz CT molecular complexity index is 777. The first kappa shape index (κ1) is 22.6. The molecule has 1 amide bonds. The Morgan fingerprint density at radius 1 is 1.23 bits per heavy atom. The maximum atomic E-state index is 13.4. The number of hydrogen-bond donors (Lipinski definition) is 1. The molecular formula is C25H38N2O3. The molecule has 1 saturated carbocycles. The third-order valence-corrected chi connectivity index (χ3v) is 7.44. The van der Waals surface area contributed by atoms with Crippen LogP contribution >= 0.6 is 0 Å². The van der Waals surface area contributed by atoms with E-state index < -0.39 is 17.4 Å². The zero-order valence-electron chi connectivity index (χ0n) is 19.5. The van der Waals surface area contributed by atoms with Crippen molar-refractivity contribution in [2.75, 3.05) is 23.3 Å². The first-order chi connectivity index (χ1) is 14.2. The van der Waals surface area contributed by atoms with Crippen molar-refractivity contribution in [1.29, 1.82) is 0 Å². The quantitative estimate of drug-likeness (QED) is 0.652. The molecule has 5 heteroatoms. The van der Waals surface area contributed by atoms with Gasteiger partial charge in [-0.15, -0.1) is 0 Å². The molecule has 166 valence electrons. The second-order valence-corrected chi connectivity index (χ2v) is 9.49. The topological polar surface area (TPSA) is 58.6 Å². The molecule has 5 nitrogen and oxygen atoms in total. The highest BCUT2D eigenvalue weighted by molar-refractivity contribution is 5.98. The van der Waals surface area contributed by atoms with Gasteiger partial charge in [0, 0.05) is 24.5 Å². The molecular weight excluding hydrogens is 376 g/mol. The van der Waals surface area contributed by atoms with Crippen molar-refractivity contribution in [2.24, 2.45) is 23.7 Å². The number of amides is 1. The molecule has 30 heavy (non-hydrogen) atoms. The van der Waals surface area contributed by atoms with E-state index in [4.69, 9.17) is 4.74 Å². The maximum absolute atomic E-state index is 13.4. The van der Waals surface area contributed by atoms with Gasteiger partial charge in [0.25, 0.3) is 0 Å². The molecule has 2 aliphatic rings. The number of ether oxygens (including phenoxy) is 1. The first-order valence-corrected chi connectivity index (χ1v) is 11.6. The van der Waals surface area contributed by atoms with Crippen molar-refractivity contribution in [1.82, 2.24) is 0 Å². The molecule has 1 aromatic rings. The van der Waals surface area contributed by atoms with Gasteiger partial charge in [0.15, 0.2) is 0 Å². The zero-order chi connectivity index (χ0) is 22.1. The predicted molar refractivity (Wildman–Crippen MR) is 122 cm³/mol. The number of anilines is 2. The molecule has 2 fully saturated rings. The normalized spacial score (nSPS) is 28.6. The van der Waals surface area contributed by atoms with E-state index in [2.05, 4.69) is 50.0 Å². The number of hydrogen-bond acceptors (Lipinski definition) is 4. The van der Waals surface area contributed by atoms with E-state index in [1.165, 1.54) is 0 Å². The van der Waals surface area contributed by atoms with Gasteiger partial charge < -0.3 is 15.0 Å². The number of nitrogens with zero attached hydrogens (tertiary/aromatic N) is 1. The van der Waals surface area contributed by atoms with Crippen LogP contribution < -0.4 is 10.2 Å². The van der Waals surface area contributed by atoms with E-state index >= 15 is 0 Å². The summed E-state index contributed by atoms with van der Waals surface area (Å²) in [6, 6.07) is 6.15. The van der Waals surface area contributed by atoms with Gasteiger partial charge in [-0.1, -0.05) is 20.8 Å². The van der Waals surface area contributed by atoms with Gasteiger partial charge >= 0.3 is 5.97 Å². The van der Waals surface area contributed by atoms with Crippen LogP contribution in [0.15, 0.2) is 18.2 Å². The number of esters is 1. The monoisotopic (exact) mass is 414 g/mol. The molecule has 2 atom stereocenters. The minimum Gasteiger partial charge on any atom is -0.458 e. The number of rotatable bonds is 6. The summed E-state index contributed by atoms with van der Waals surface area (Å²) in [7, 11) is 0. The van der Waals surface area contributed by atoms with Crippen LogP contribution in [0, 0.1) is 30.6 Å². The number of carbonyl (C=O) groups is 2. The number of aryl methyl sites for hydroxylation is 1. The van der Waals surface area contributed by atoms with Gasteiger partial charge in [-0.25, -0.2) is 0 Å². The summed E-state index contributed by atoms with van der Waals surface area (Å²) in [5.41, 5.74) is 2.37. The van der Waals surface area contributed by atoms with Crippen LogP contribution in [0.25, 0.3) is 0 Å². The van der Waals surface area contributed by atoms with E-state index in [9.17, 15) is 9.59 Å². The van der Waals surface area contributed by atoms with Crippen molar-refractivity contribution in [3.63, 3.8) is 0 Å². The largest absolute Gasteiger partial charge is 0.458 e. The summed E-state index contributed by atoms with van der Waals surface area (Å²) in [5.74, 6) is 0.109. The third-order valence-electron chi connectivity index (χ3n) is 7.44. The minimum atomic E-state index is -0.638. The minimum absolute atomic E-state index is 0.0879. The second-order valence-electron chi connectivity index (χ2n) is 9.49. The lowest BCUT2D eigenvalue weighted by molar-refractivity contribution is -0.155. The highest BCUT2D eigenvalue weighted by atomic mass is 16.6. The fourth-order valence-electron chi connectivity index (χ4n) is 5.41. The Morgan fingerprint density at radius 2 is 1.87 bits per heavy atom. The number of carbonyl (C=O) groups excluding carboxylic acids is 2. The molecule has 1 heterocycles. The highest BCUT2D eigenvalue weighted by Crippen LogP contribution is 2.49. The predicted octanol–water partition coefficient (Wildman–Crippen LogP) is 5.17. The molecule has 0 bridgehead atoms. The van der Waals surface area contributed by atoms with Crippen LogP contribution in [0.2, 0.25) is 0 Å². The first-order valence-electron chi connectivity index (χ1n) is 11.6. The standard InChI is InChI=1S/C25H38N2O3/c1-7-27(8-2)20-9-10-21(17(5)15-20)26-23(28)22-18(6)24(29)30-25(22)13-11-19(12-14-25)16(3)4/h9-10,15-16,18-19,22H,7-8,11-14H2,1-6H3,(H,26,28)/t18-,19?,22+,25?/m1/s1. The average molecular weight is 415 g/mol. The smallest absolute Gasteiger partial charge is 0.310 e. The van der Waals surface area contributed by atoms with E-state index in [-0.39, 0.29) is 11.9 Å². The van der Waals surface area contributed by atoms with Crippen LogP contribution in [0.1, 0.15) is 65.9 Å². The molecule has 1 N–H and O–H groups in total. The van der Waals surface area contributed by atoms with Gasteiger partial charge in [-0.2, -0.15) is 0 Å². The van der Waals surface area contributed by atoms with Crippen molar-refractivity contribution >= 4 is 23.3 Å². The van der Waals surface area contributed by atoms with Crippen molar-refractivity contribution in [3.8, 4) is 0 Å². The lowest BCUT2D eigenvalue weighted by atomic mass is 9.67. The maximum Gasteiger partial charge on any atom is 0.310 e. The zero-order valence-corrected chi connectivity index (χ0v) is 19.5. The van der Waals surface area contributed by atoms with Crippen molar-refractivity contribution in [2.45, 2.75) is 72.8 Å². The lowest BCUT2D eigenvalue weighted by Crippen LogP contribution is -2.46. The molecule has 1 spiro atoms. The summed E-state index contributed by atoms with van der Waals surface area (Å²) in [6.45, 7) is 14.5. The van der Waals surface area contributed by atoms with Gasteiger partial charge in [-0.3, -0.25) is 9.59 Å². The Hall–Kier alpha value is -2.04. The van der Waals surface area contributed by atoms with Gasteiger partial charge in [0.05, 0.1) is 11.8 Å². The SMILES string of the molecule is CCN(CC)c1ccc(NC(=O)[C@@H]2[C@@H](C)C(=O)OC23CCC(C(C)C)CC3)c(C)c1. The Balaban J connectivity index is 1.78. The number of benzene rings is 1. The molecule has 0 radical (unpaired) electrons. The molecule has 1 aliphatic heterocycles. The molecule has 1 aliphatic carbocycles. The summed E-state index contributed by atoms with van der Waals surface area (Å²) >= 11 is 0. The Morgan fingerprint density at radius 3 is 2.40 bits per heavy atom. The molecule has 0 unspecified atom stereocenters. The third kappa shape index (κ3) is 4.21. The van der Waals surface area contributed by atoms with Crippen LogP contribution in [0.5, 0.6) is 0 Å². The van der Waals surface area contributed by atoms with Gasteiger partial charge in [-0.05, 0) is 82.1 Å². The van der Waals surface area contributed by atoms with E-state index in [0.717, 1.165) is 55.7 Å². The lowest BCUT2D eigenvalue weighted by Gasteiger charge is -2.40. The van der Waals surface area contributed by atoms with Gasteiger partial charge in [0.1, 0.15) is 5.60 Å². The fourth-order valence-corrected chi connectivity index (χ4v) is 5.41. The van der Waals surface area contributed by atoms with Gasteiger partial charge in [0.2, 0.25) is 5.91 Å². The van der Waals surface area contributed by atoms with E-state index in [1.54, 1.807) is 0 Å². The summed E-state index contributed by atoms with van der Waals surface area (Å²) < 4.78 is 5.91. The Labute approximate surface area is 181 Å². The highest BCUT2D eigenvalue weighted by Gasteiger charge is 2.58. The summed E-state index contributed by atoms with van der Waals surface area (Å²) in [6.07, 6.45) is 3.59. The summed E-state index contributed by atoms with van der Waals surface area (Å²) in [4.78, 5) is 28.1. The average Bonchev–Trinajstić information content (AvgIpc) is 2.94. The molecule has 1 saturated heterocycles. The Kier molecular flexibility index (Phi) is 6.78. The van der Waals surface area contributed by atoms with Crippen molar-refractivity contribution in [3.05, 3.63) is 23.8 Å². The molecule has 0 aromatic heterocycles. The fraction of sp³-hybridized carbons (Fsp3) is 0.680. The van der Waals surface area contributed by atoms with Crippen LogP contribution in [0.4, 0.5) is 11.4 Å². The van der Waals surface area contributed by atoms with Crippen LogP contribution in [0.3, 0.4) is 0 Å². The second kappa shape index (κ2) is 8.99. The van der Waals surface area contributed by atoms with Crippen molar-refractivity contribution < 1.29 is 14.3 Å².